The Balaban J connectivity index is 1.21. The van der Waals surface area contributed by atoms with Crippen LogP contribution in [-0.4, -0.2) is 0 Å². The van der Waals surface area contributed by atoms with E-state index in [-0.39, 0.29) is 5.41 Å². The van der Waals surface area contributed by atoms with Crippen LogP contribution in [0.2, 0.25) is 0 Å². The van der Waals surface area contributed by atoms with Gasteiger partial charge in [0.25, 0.3) is 0 Å². The molecule has 0 aromatic heterocycles. The molecule has 0 radical (unpaired) electrons. The van der Waals surface area contributed by atoms with Gasteiger partial charge in [0.05, 0.1) is 5.69 Å². The van der Waals surface area contributed by atoms with E-state index in [1.807, 2.05) is 0 Å². The van der Waals surface area contributed by atoms with Crippen molar-refractivity contribution in [2.75, 3.05) is 4.90 Å². The van der Waals surface area contributed by atoms with Crippen molar-refractivity contribution in [3.8, 4) is 44.5 Å². The average molecular weight is 690 g/mol. The number of nitrogens with zero attached hydrogens (tertiary/aromatic N) is 1. The lowest BCUT2D eigenvalue weighted by molar-refractivity contribution is 0.660. The molecule has 1 nitrogen and oxygen atoms in total. The third-order valence-corrected chi connectivity index (χ3v) is 11.4. The summed E-state index contributed by atoms with van der Waals surface area (Å²) in [6, 6.07) is 73.6. The molecule has 0 saturated carbocycles. The van der Waals surface area contributed by atoms with Crippen molar-refractivity contribution in [1.82, 2.24) is 0 Å². The molecule has 0 heterocycles. The molecule has 1 aliphatic carbocycles. The van der Waals surface area contributed by atoms with Crippen LogP contribution in [0.3, 0.4) is 0 Å². The Morgan fingerprint density at radius 3 is 1.56 bits per heavy atom. The van der Waals surface area contributed by atoms with Crippen LogP contribution >= 0.6 is 0 Å². The summed E-state index contributed by atoms with van der Waals surface area (Å²) in [6.07, 6.45) is 0. The summed E-state index contributed by atoms with van der Waals surface area (Å²) in [4.78, 5) is 2.48. The van der Waals surface area contributed by atoms with Gasteiger partial charge in [0.1, 0.15) is 0 Å². The highest BCUT2D eigenvalue weighted by molar-refractivity contribution is 5.95. The van der Waals surface area contributed by atoms with Gasteiger partial charge in [-0.1, -0.05) is 172 Å². The van der Waals surface area contributed by atoms with Gasteiger partial charge in [-0.05, 0) is 114 Å². The van der Waals surface area contributed by atoms with Crippen LogP contribution < -0.4 is 4.90 Å². The minimum absolute atomic E-state index is 0.129. The molecule has 0 spiro atoms. The third kappa shape index (κ3) is 5.40. The molecule has 0 fully saturated rings. The van der Waals surface area contributed by atoms with E-state index >= 15 is 0 Å². The van der Waals surface area contributed by atoms with E-state index < -0.39 is 0 Å². The van der Waals surface area contributed by atoms with Gasteiger partial charge in [0, 0.05) is 22.4 Å². The third-order valence-electron chi connectivity index (χ3n) is 11.4. The number of rotatable bonds is 6. The summed E-state index contributed by atoms with van der Waals surface area (Å²) in [7, 11) is 0. The number of fused-ring (bicyclic) bond motifs is 5. The molecule has 9 aromatic carbocycles. The number of hydrogen-bond donors (Lipinski definition) is 0. The Labute approximate surface area is 317 Å². The quantitative estimate of drug-likeness (QED) is 0.168. The Morgan fingerprint density at radius 2 is 0.833 bits per heavy atom. The van der Waals surface area contributed by atoms with Crippen molar-refractivity contribution in [1.29, 1.82) is 0 Å². The van der Waals surface area contributed by atoms with E-state index in [9.17, 15) is 0 Å². The van der Waals surface area contributed by atoms with E-state index in [4.69, 9.17) is 0 Å². The zero-order chi connectivity index (χ0) is 36.2. The summed E-state index contributed by atoms with van der Waals surface area (Å²) >= 11 is 0. The first kappa shape index (κ1) is 32.0. The van der Waals surface area contributed by atoms with Crippen molar-refractivity contribution in [3.05, 3.63) is 211 Å². The maximum absolute atomic E-state index is 2.48. The molecule has 256 valence electrons. The molecule has 0 saturated heterocycles. The summed E-state index contributed by atoms with van der Waals surface area (Å²) in [5.74, 6) is 0. The normalized spacial score (nSPS) is 12.8. The summed E-state index contributed by atoms with van der Waals surface area (Å²) < 4.78 is 0. The van der Waals surface area contributed by atoms with Crippen molar-refractivity contribution in [2.24, 2.45) is 0 Å². The molecule has 1 heteroatoms. The Kier molecular flexibility index (Phi) is 7.56. The van der Waals surface area contributed by atoms with Gasteiger partial charge in [0.15, 0.2) is 0 Å². The lowest BCUT2D eigenvalue weighted by Crippen LogP contribution is -2.17. The molecular formula is C53H39N. The summed E-state index contributed by atoms with van der Waals surface area (Å²) in [5, 5.41) is 4.98. The van der Waals surface area contributed by atoms with Gasteiger partial charge in [-0.2, -0.15) is 0 Å². The molecule has 0 aliphatic heterocycles. The fourth-order valence-electron chi connectivity index (χ4n) is 8.58. The Hall–Kier alpha value is -6.70. The van der Waals surface area contributed by atoms with Crippen molar-refractivity contribution < 1.29 is 0 Å². The van der Waals surface area contributed by atoms with Crippen molar-refractivity contribution in [3.63, 3.8) is 0 Å². The van der Waals surface area contributed by atoms with E-state index in [0.29, 0.717) is 0 Å². The molecule has 1 aliphatic rings. The van der Waals surface area contributed by atoms with Gasteiger partial charge in [-0.3, -0.25) is 0 Å². The Bertz CT molecular complexity index is 2860. The van der Waals surface area contributed by atoms with Gasteiger partial charge in [-0.15, -0.1) is 0 Å². The zero-order valence-electron chi connectivity index (χ0n) is 30.5. The smallest absolute Gasteiger partial charge is 0.0546 e. The molecule has 54 heavy (non-hydrogen) atoms. The SMILES string of the molecule is CC1(C)c2ccccc2-c2ccc(N(c3cccc(-c4ccc5ccccc5c4)c3)c3cc(-c4ccc5ccccc5c4)ccc3-c3ccccc3)cc21. The maximum Gasteiger partial charge on any atom is 0.0546 e. The van der Waals surface area contributed by atoms with Crippen LogP contribution in [0, 0.1) is 0 Å². The van der Waals surface area contributed by atoms with Crippen molar-refractivity contribution >= 4 is 38.6 Å². The predicted molar refractivity (Wildman–Crippen MR) is 230 cm³/mol. The topological polar surface area (TPSA) is 3.24 Å². The maximum atomic E-state index is 2.48. The van der Waals surface area contributed by atoms with Crippen LogP contribution in [-0.2, 0) is 5.41 Å². The zero-order valence-corrected chi connectivity index (χ0v) is 30.5. The van der Waals surface area contributed by atoms with Crippen LogP contribution in [0.15, 0.2) is 200 Å². The first-order valence-electron chi connectivity index (χ1n) is 18.8. The van der Waals surface area contributed by atoms with Gasteiger partial charge >= 0.3 is 0 Å². The van der Waals surface area contributed by atoms with E-state index in [0.717, 1.165) is 17.1 Å². The summed E-state index contributed by atoms with van der Waals surface area (Å²) in [6.45, 7) is 4.73. The van der Waals surface area contributed by atoms with E-state index in [1.165, 1.54) is 77.2 Å². The molecule has 0 amide bonds. The molecule has 0 atom stereocenters. The number of benzene rings is 9. The average Bonchev–Trinajstić information content (AvgIpc) is 3.46. The molecule has 10 rings (SSSR count). The monoisotopic (exact) mass is 689 g/mol. The second-order valence-electron chi connectivity index (χ2n) is 15.0. The van der Waals surface area contributed by atoms with Crippen LogP contribution in [0.25, 0.3) is 66.1 Å². The van der Waals surface area contributed by atoms with Gasteiger partial charge in [-0.25, -0.2) is 0 Å². The molecule has 0 N–H and O–H groups in total. The van der Waals surface area contributed by atoms with Gasteiger partial charge in [0.2, 0.25) is 0 Å². The highest BCUT2D eigenvalue weighted by Crippen LogP contribution is 2.51. The fraction of sp³-hybridized carbons (Fsp3) is 0.0566. The summed E-state index contributed by atoms with van der Waals surface area (Å²) in [5.41, 5.74) is 15.8. The Morgan fingerprint density at radius 1 is 0.315 bits per heavy atom. The fourth-order valence-corrected chi connectivity index (χ4v) is 8.58. The molecule has 0 bridgehead atoms. The van der Waals surface area contributed by atoms with E-state index in [2.05, 4.69) is 219 Å². The lowest BCUT2D eigenvalue weighted by atomic mass is 9.82. The van der Waals surface area contributed by atoms with E-state index in [1.54, 1.807) is 0 Å². The molecular weight excluding hydrogens is 651 g/mol. The lowest BCUT2D eigenvalue weighted by Gasteiger charge is -2.30. The molecule has 9 aromatic rings. The minimum Gasteiger partial charge on any atom is -0.310 e. The van der Waals surface area contributed by atoms with Crippen LogP contribution in [0.5, 0.6) is 0 Å². The van der Waals surface area contributed by atoms with Crippen LogP contribution in [0.4, 0.5) is 17.1 Å². The van der Waals surface area contributed by atoms with Gasteiger partial charge < -0.3 is 4.90 Å². The largest absolute Gasteiger partial charge is 0.310 e. The first-order valence-corrected chi connectivity index (χ1v) is 18.8. The second kappa shape index (κ2) is 12.8. The highest BCUT2D eigenvalue weighted by Gasteiger charge is 2.36. The second-order valence-corrected chi connectivity index (χ2v) is 15.0. The van der Waals surface area contributed by atoms with Crippen molar-refractivity contribution in [2.45, 2.75) is 19.3 Å². The van der Waals surface area contributed by atoms with Crippen LogP contribution in [0.1, 0.15) is 25.0 Å². The minimum atomic E-state index is -0.129. The number of hydrogen-bond acceptors (Lipinski definition) is 1. The molecule has 0 unspecified atom stereocenters. The first-order chi connectivity index (χ1) is 26.5. The highest BCUT2D eigenvalue weighted by atomic mass is 15.1. The standard InChI is InChI=1S/C53H39N/c1-53(2)50-22-11-10-21-48(50)49-30-28-46(35-51(49)53)54(45-20-12-19-41(33-45)42-25-23-36-13-6-8-17-39(36)31-42)52-34-44(27-29-47(52)38-15-4-3-5-16-38)43-26-24-37-14-7-9-18-40(37)32-43/h3-35H,1-2H3. The predicted octanol–water partition coefficient (Wildman–Crippen LogP) is 14.8. The number of anilines is 3.